The average molecular weight is 313 g/mol. The number of aryl methyl sites for hydroxylation is 1. The molecular weight excluding hydrogens is 298 g/mol. The van der Waals surface area contributed by atoms with Crippen LogP contribution in [0.5, 0.6) is 11.5 Å². The Balaban J connectivity index is 1.57. The zero-order valence-electron chi connectivity index (χ0n) is 12.1. The van der Waals surface area contributed by atoms with Crippen LogP contribution in [-0.4, -0.2) is 16.8 Å². The predicted molar refractivity (Wildman–Crippen MR) is 86.7 cm³/mol. The van der Waals surface area contributed by atoms with Crippen molar-refractivity contribution in [1.29, 1.82) is 0 Å². The van der Waals surface area contributed by atoms with Gasteiger partial charge in [0.05, 0.1) is 5.39 Å². The Morgan fingerprint density at radius 1 is 1.18 bits per heavy atom. The zero-order chi connectivity index (χ0) is 14.9. The second kappa shape index (κ2) is 5.46. The Morgan fingerprint density at radius 2 is 2.09 bits per heavy atom. The van der Waals surface area contributed by atoms with Crippen molar-refractivity contribution < 1.29 is 9.47 Å². The van der Waals surface area contributed by atoms with Crippen molar-refractivity contribution in [2.24, 2.45) is 0 Å². The third kappa shape index (κ3) is 2.35. The van der Waals surface area contributed by atoms with Crippen LogP contribution in [0.3, 0.4) is 0 Å². The molecule has 1 aromatic carbocycles. The first kappa shape index (κ1) is 13.3. The highest BCUT2D eigenvalue weighted by Gasteiger charge is 2.13. The molecule has 0 unspecified atom stereocenters. The molecule has 1 aliphatic heterocycles. The van der Waals surface area contributed by atoms with Crippen LogP contribution in [-0.2, 0) is 13.0 Å². The lowest BCUT2D eigenvalue weighted by molar-refractivity contribution is 0.174. The number of nitrogens with zero attached hydrogens (tertiary/aromatic N) is 2. The van der Waals surface area contributed by atoms with Crippen LogP contribution in [0.15, 0.2) is 30.6 Å². The normalized spacial score (nSPS) is 12.8. The van der Waals surface area contributed by atoms with Gasteiger partial charge in [-0.05, 0) is 30.2 Å². The first-order valence-electron chi connectivity index (χ1n) is 7.19. The SMILES string of the molecule is CCc1cc2c(NCc3ccc4c(c3)OCO4)ncnc2s1. The van der Waals surface area contributed by atoms with E-state index in [0.29, 0.717) is 13.3 Å². The van der Waals surface area contributed by atoms with E-state index in [0.717, 1.165) is 39.5 Å². The highest BCUT2D eigenvalue weighted by Crippen LogP contribution is 2.33. The molecule has 0 radical (unpaired) electrons. The minimum atomic E-state index is 0.299. The summed E-state index contributed by atoms with van der Waals surface area (Å²) in [6.07, 6.45) is 2.63. The van der Waals surface area contributed by atoms with Gasteiger partial charge < -0.3 is 14.8 Å². The topological polar surface area (TPSA) is 56.3 Å². The summed E-state index contributed by atoms with van der Waals surface area (Å²) in [6.45, 7) is 3.13. The lowest BCUT2D eigenvalue weighted by Gasteiger charge is -2.07. The molecule has 0 saturated heterocycles. The molecule has 0 saturated carbocycles. The molecule has 1 N–H and O–H groups in total. The second-order valence-corrected chi connectivity index (χ2v) is 6.16. The fourth-order valence-electron chi connectivity index (χ4n) is 2.46. The van der Waals surface area contributed by atoms with Crippen molar-refractivity contribution in [3.63, 3.8) is 0 Å². The molecule has 0 atom stereocenters. The van der Waals surface area contributed by atoms with Crippen molar-refractivity contribution >= 4 is 27.4 Å². The van der Waals surface area contributed by atoms with Gasteiger partial charge in [0.1, 0.15) is 17.0 Å². The molecule has 4 rings (SSSR count). The summed E-state index contributed by atoms with van der Waals surface area (Å²) in [7, 11) is 0. The molecule has 112 valence electrons. The van der Waals surface area contributed by atoms with Gasteiger partial charge in [-0.1, -0.05) is 13.0 Å². The molecule has 0 spiro atoms. The highest BCUT2D eigenvalue weighted by molar-refractivity contribution is 7.18. The summed E-state index contributed by atoms with van der Waals surface area (Å²) in [4.78, 5) is 11.1. The van der Waals surface area contributed by atoms with Crippen LogP contribution in [0.4, 0.5) is 5.82 Å². The van der Waals surface area contributed by atoms with Crippen LogP contribution in [0.2, 0.25) is 0 Å². The number of benzene rings is 1. The van der Waals surface area contributed by atoms with Gasteiger partial charge in [-0.3, -0.25) is 0 Å². The summed E-state index contributed by atoms with van der Waals surface area (Å²) in [5.74, 6) is 2.48. The zero-order valence-corrected chi connectivity index (χ0v) is 12.9. The summed E-state index contributed by atoms with van der Waals surface area (Å²) in [5.41, 5.74) is 1.13. The van der Waals surface area contributed by atoms with Gasteiger partial charge in [-0.2, -0.15) is 0 Å². The van der Waals surface area contributed by atoms with Gasteiger partial charge in [-0.25, -0.2) is 9.97 Å². The van der Waals surface area contributed by atoms with Gasteiger partial charge in [0.25, 0.3) is 0 Å². The number of fused-ring (bicyclic) bond motifs is 2. The molecule has 0 bridgehead atoms. The van der Waals surface area contributed by atoms with E-state index in [1.165, 1.54) is 4.88 Å². The molecule has 3 heterocycles. The molecule has 3 aromatic rings. The van der Waals surface area contributed by atoms with E-state index in [2.05, 4.69) is 28.3 Å². The van der Waals surface area contributed by atoms with E-state index < -0.39 is 0 Å². The van der Waals surface area contributed by atoms with Crippen LogP contribution < -0.4 is 14.8 Å². The van der Waals surface area contributed by atoms with Crippen LogP contribution >= 0.6 is 11.3 Å². The van der Waals surface area contributed by atoms with E-state index in [9.17, 15) is 0 Å². The van der Waals surface area contributed by atoms with Gasteiger partial charge >= 0.3 is 0 Å². The molecule has 0 amide bonds. The quantitative estimate of drug-likeness (QED) is 0.797. The summed E-state index contributed by atoms with van der Waals surface area (Å²) in [5, 5.41) is 4.48. The number of hydrogen-bond acceptors (Lipinski definition) is 6. The van der Waals surface area contributed by atoms with Gasteiger partial charge in [0.2, 0.25) is 6.79 Å². The fraction of sp³-hybridized carbons (Fsp3) is 0.250. The first-order valence-corrected chi connectivity index (χ1v) is 8.01. The average Bonchev–Trinajstić information content (AvgIpc) is 3.18. The smallest absolute Gasteiger partial charge is 0.231 e. The fourth-order valence-corrected chi connectivity index (χ4v) is 3.39. The minimum Gasteiger partial charge on any atom is -0.454 e. The Kier molecular flexibility index (Phi) is 3.31. The monoisotopic (exact) mass is 313 g/mol. The second-order valence-electron chi connectivity index (χ2n) is 5.05. The van der Waals surface area contributed by atoms with Crippen LogP contribution in [0.1, 0.15) is 17.4 Å². The number of aromatic nitrogens is 2. The Morgan fingerprint density at radius 3 is 3.00 bits per heavy atom. The highest BCUT2D eigenvalue weighted by atomic mass is 32.1. The number of hydrogen-bond donors (Lipinski definition) is 1. The molecule has 0 fully saturated rings. The summed E-state index contributed by atoms with van der Waals surface area (Å²) in [6, 6.07) is 8.14. The van der Waals surface area contributed by atoms with Crippen molar-refractivity contribution in [1.82, 2.24) is 9.97 Å². The maximum Gasteiger partial charge on any atom is 0.231 e. The maximum absolute atomic E-state index is 5.41. The van der Waals surface area contributed by atoms with E-state index in [-0.39, 0.29) is 0 Å². The summed E-state index contributed by atoms with van der Waals surface area (Å²) < 4.78 is 10.7. The van der Waals surface area contributed by atoms with Gasteiger partial charge in [-0.15, -0.1) is 11.3 Å². The van der Waals surface area contributed by atoms with Crippen molar-refractivity contribution in [2.75, 3.05) is 12.1 Å². The molecular formula is C16H15N3O2S. The number of rotatable bonds is 4. The molecule has 1 aliphatic rings. The first-order chi connectivity index (χ1) is 10.8. The Bertz CT molecular complexity index is 831. The Hall–Kier alpha value is -2.34. The van der Waals surface area contributed by atoms with Crippen LogP contribution in [0.25, 0.3) is 10.2 Å². The van der Waals surface area contributed by atoms with E-state index in [4.69, 9.17) is 9.47 Å². The van der Waals surface area contributed by atoms with Crippen LogP contribution in [0, 0.1) is 0 Å². The number of ether oxygens (including phenoxy) is 2. The summed E-state index contributed by atoms with van der Waals surface area (Å²) >= 11 is 1.72. The third-order valence-electron chi connectivity index (χ3n) is 3.63. The standard InChI is InChI=1S/C16H15N3O2S/c1-2-11-6-12-15(18-8-19-16(12)22-11)17-7-10-3-4-13-14(5-10)21-9-20-13/h3-6,8H,2,7,9H2,1H3,(H,17,18,19). The van der Waals surface area contributed by atoms with E-state index in [1.54, 1.807) is 17.7 Å². The number of nitrogens with one attached hydrogen (secondary N) is 1. The molecule has 0 aliphatic carbocycles. The van der Waals surface area contributed by atoms with Crippen molar-refractivity contribution in [3.05, 3.63) is 41.0 Å². The minimum absolute atomic E-state index is 0.299. The maximum atomic E-state index is 5.41. The number of thiophene rings is 1. The third-order valence-corrected chi connectivity index (χ3v) is 4.81. The lowest BCUT2D eigenvalue weighted by Crippen LogP contribution is -2.01. The molecule has 2 aromatic heterocycles. The van der Waals surface area contributed by atoms with E-state index in [1.807, 2.05) is 18.2 Å². The van der Waals surface area contributed by atoms with Crippen molar-refractivity contribution in [3.8, 4) is 11.5 Å². The lowest BCUT2D eigenvalue weighted by atomic mass is 10.2. The van der Waals surface area contributed by atoms with Gasteiger partial charge in [0.15, 0.2) is 11.5 Å². The van der Waals surface area contributed by atoms with Crippen molar-refractivity contribution in [2.45, 2.75) is 19.9 Å². The molecule has 6 heteroatoms. The predicted octanol–water partition coefficient (Wildman–Crippen LogP) is 3.59. The van der Waals surface area contributed by atoms with E-state index >= 15 is 0 Å². The largest absolute Gasteiger partial charge is 0.454 e. The van der Waals surface area contributed by atoms with Gasteiger partial charge in [0, 0.05) is 11.4 Å². The Labute approximate surface area is 131 Å². The molecule has 22 heavy (non-hydrogen) atoms. The molecule has 5 nitrogen and oxygen atoms in total. The number of anilines is 1.